The molecule has 1 amide bonds. The summed E-state index contributed by atoms with van der Waals surface area (Å²) in [5, 5.41) is 11.2. The number of hydrogen-bond acceptors (Lipinski definition) is 5. The molecule has 0 atom stereocenters. The van der Waals surface area contributed by atoms with Crippen LogP contribution in [0.2, 0.25) is 0 Å². The second kappa shape index (κ2) is 6.23. The molecule has 1 aromatic heterocycles. The van der Waals surface area contributed by atoms with Crippen molar-refractivity contribution in [1.82, 2.24) is 4.57 Å². The Morgan fingerprint density at radius 1 is 1.24 bits per heavy atom. The van der Waals surface area contributed by atoms with Gasteiger partial charge in [0.25, 0.3) is 11.5 Å². The van der Waals surface area contributed by atoms with Crippen molar-refractivity contribution in [2.45, 2.75) is 13.0 Å². The molecule has 0 aliphatic carbocycles. The summed E-state index contributed by atoms with van der Waals surface area (Å²) >= 11 is 0. The van der Waals surface area contributed by atoms with Crippen LogP contribution in [0.4, 0.5) is 10.1 Å². The Labute approximate surface area is 164 Å². The van der Waals surface area contributed by atoms with Crippen molar-refractivity contribution in [3.05, 3.63) is 57.6 Å². The van der Waals surface area contributed by atoms with Gasteiger partial charge in [-0.3, -0.25) is 9.59 Å². The number of pyridine rings is 1. The average molecular weight is 396 g/mol. The normalized spacial score (nSPS) is 14.6. The van der Waals surface area contributed by atoms with Gasteiger partial charge in [-0.15, -0.1) is 0 Å². The van der Waals surface area contributed by atoms with E-state index in [0.29, 0.717) is 41.1 Å². The standard InChI is InChI=1S/C21H17FN2O5/c1-28-13-9-14-18-16(10-13)29-7-6-24(18)21(27)17(19(14)25)20(26)23-5-4-11-2-3-12(22)8-15(11)23/h2-3,8-10,25H,4-7H2,1H3. The number of methoxy groups -OCH3 is 1. The summed E-state index contributed by atoms with van der Waals surface area (Å²) in [6, 6.07) is 7.44. The lowest BCUT2D eigenvalue weighted by molar-refractivity contribution is 0.0984. The zero-order chi connectivity index (χ0) is 20.3. The molecule has 29 heavy (non-hydrogen) atoms. The fourth-order valence-electron chi connectivity index (χ4n) is 4.09. The SMILES string of the molecule is COc1cc2c3c(c1)c(O)c(C(=O)N1CCc4ccc(F)cc41)c(=O)n3CCO2. The predicted molar refractivity (Wildman–Crippen MR) is 104 cm³/mol. The molecule has 148 valence electrons. The maximum Gasteiger partial charge on any atom is 0.267 e. The number of carbonyl (C=O) groups excluding carboxylic acids is 1. The van der Waals surface area contributed by atoms with E-state index in [2.05, 4.69) is 0 Å². The van der Waals surface area contributed by atoms with E-state index in [1.807, 2.05) is 0 Å². The number of rotatable bonds is 2. The third-order valence-corrected chi connectivity index (χ3v) is 5.48. The average Bonchev–Trinajstić information content (AvgIpc) is 3.14. The molecule has 7 nitrogen and oxygen atoms in total. The Bertz CT molecular complexity index is 1250. The Hall–Kier alpha value is -3.55. The zero-order valence-corrected chi connectivity index (χ0v) is 15.6. The van der Waals surface area contributed by atoms with Crippen LogP contribution in [0.3, 0.4) is 0 Å². The fourth-order valence-corrected chi connectivity index (χ4v) is 4.09. The molecular formula is C21H17FN2O5. The number of halogens is 1. The maximum absolute atomic E-state index is 13.7. The number of hydrogen-bond donors (Lipinski definition) is 1. The smallest absolute Gasteiger partial charge is 0.267 e. The van der Waals surface area contributed by atoms with Gasteiger partial charge in [0.1, 0.15) is 35.2 Å². The fraction of sp³-hybridized carbons (Fsp3) is 0.238. The van der Waals surface area contributed by atoms with Gasteiger partial charge in [-0.2, -0.15) is 0 Å². The predicted octanol–water partition coefficient (Wildman–Crippen LogP) is 2.45. The van der Waals surface area contributed by atoms with Gasteiger partial charge in [0.05, 0.1) is 24.9 Å². The summed E-state index contributed by atoms with van der Waals surface area (Å²) in [6.45, 7) is 0.812. The van der Waals surface area contributed by atoms with Gasteiger partial charge < -0.3 is 24.0 Å². The molecular weight excluding hydrogens is 379 g/mol. The minimum atomic E-state index is -0.654. The first-order valence-electron chi connectivity index (χ1n) is 9.20. The van der Waals surface area contributed by atoms with Crippen molar-refractivity contribution in [2.75, 3.05) is 25.2 Å². The summed E-state index contributed by atoms with van der Waals surface area (Å²) < 4.78 is 26.1. The van der Waals surface area contributed by atoms with Gasteiger partial charge >= 0.3 is 0 Å². The summed E-state index contributed by atoms with van der Waals surface area (Å²) in [7, 11) is 1.48. The Morgan fingerprint density at radius 2 is 2.07 bits per heavy atom. The number of fused-ring (bicyclic) bond motifs is 1. The summed E-state index contributed by atoms with van der Waals surface area (Å²) in [6.07, 6.45) is 0.551. The summed E-state index contributed by atoms with van der Waals surface area (Å²) in [4.78, 5) is 27.8. The van der Waals surface area contributed by atoms with Crippen LogP contribution in [0.25, 0.3) is 10.9 Å². The highest BCUT2D eigenvalue weighted by Crippen LogP contribution is 2.39. The van der Waals surface area contributed by atoms with Crippen LogP contribution in [-0.2, 0) is 13.0 Å². The first kappa shape index (κ1) is 17.5. The Balaban J connectivity index is 1.74. The lowest BCUT2D eigenvalue weighted by Crippen LogP contribution is -2.37. The number of aromatic nitrogens is 1. The van der Waals surface area contributed by atoms with Crippen LogP contribution < -0.4 is 19.9 Å². The first-order chi connectivity index (χ1) is 14.0. The quantitative estimate of drug-likeness (QED) is 0.720. The molecule has 3 aromatic rings. The molecule has 1 N–H and O–H groups in total. The third-order valence-electron chi connectivity index (χ3n) is 5.48. The van der Waals surface area contributed by atoms with Gasteiger partial charge in [0.2, 0.25) is 0 Å². The Kier molecular flexibility index (Phi) is 3.77. The number of ether oxygens (including phenoxy) is 2. The number of carbonyl (C=O) groups is 1. The van der Waals surface area contributed by atoms with Crippen molar-refractivity contribution in [1.29, 1.82) is 0 Å². The van der Waals surface area contributed by atoms with Crippen LogP contribution in [-0.4, -0.2) is 35.8 Å². The molecule has 0 bridgehead atoms. The van der Waals surface area contributed by atoms with Gasteiger partial charge in [-0.1, -0.05) is 6.07 Å². The molecule has 0 saturated carbocycles. The maximum atomic E-state index is 13.7. The molecule has 0 unspecified atom stereocenters. The molecule has 0 saturated heterocycles. The number of benzene rings is 2. The highest BCUT2D eigenvalue weighted by atomic mass is 19.1. The van der Waals surface area contributed by atoms with Crippen LogP contribution in [0.1, 0.15) is 15.9 Å². The summed E-state index contributed by atoms with van der Waals surface area (Å²) in [5.41, 5.74) is 0.722. The number of anilines is 1. The van der Waals surface area contributed by atoms with Crippen molar-refractivity contribution in [3.8, 4) is 17.2 Å². The van der Waals surface area contributed by atoms with Crippen LogP contribution in [0, 0.1) is 5.82 Å². The number of aromatic hydroxyl groups is 1. The van der Waals surface area contributed by atoms with Gasteiger partial charge in [0, 0.05) is 18.0 Å². The van der Waals surface area contributed by atoms with Crippen molar-refractivity contribution in [3.63, 3.8) is 0 Å². The monoisotopic (exact) mass is 396 g/mol. The highest BCUT2D eigenvalue weighted by molar-refractivity contribution is 6.11. The number of amides is 1. The van der Waals surface area contributed by atoms with Gasteiger partial charge in [-0.25, -0.2) is 4.39 Å². The second-order valence-corrected chi connectivity index (χ2v) is 7.03. The van der Waals surface area contributed by atoms with E-state index >= 15 is 0 Å². The first-order valence-corrected chi connectivity index (χ1v) is 9.20. The van der Waals surface area contributed by atoms with Crippen molar-refractivity contribution in [2.24, 2.45) is 0 Å². The molecule has 2 aromatic carbocycles. The van der Waals surface area contributed by atoms with Crippen molar-refractivity contribution < 1.29 is 23.8 Å². The van der Waals surface area contributed by atoms with E-state index in [1.54, 1.807) is 18.2 Å². The largest absolute Gasteiger partial charge is 0.506 e. The van der Waals surface area contributed by atoms with E-state index in [-0.39, 0.29) is 18.7 Å². The molecule has 0 spiro atoms. The molecule has 8 heteroatoms. The minimum absolute atomic E-state index is 0.250. The molecule has 3 heterocycles. The van der Waals surface area contributed by atoms with E-state index < -0.39 is 23.0 Å². The van der Waals surface area contributed by atoms with Crippen LogP contribution >= 0.6 is 0 Å². The lowest BCUT2D eigenvalue weighted by Gasteiger charge is -2.24. The lowest BCUT2D eigenvalue weighted by atomic mass is 10.1. The topological polar surface area (TPSA) is 81.0 Å². The van der Waals surface area contributed by atoms with E-state index in [9.17, 15) is 19.1 Å². The number of nitrogens with zero attached hydrogens (tertiary/aromatic N) is 2. The van der Waals surface area contributed by atoms with Crippen LogP contribution in [0.5, 0.6) is 17.2 Å². The van der Waals surface area contributed by atoms with E-state index in [1.165, 1.54) is 28.7 Å². The molecule has 0 fully saturated rings. The zero-order valence-electron chi connectivity index (χ0n) is 15.6. The molecule has 2 aliphatic heterocycles. The molecule has 5 rings (SSSR count). The highest BCUT2D eigenvalue weighted by Gasteiger charge is 2.33. The minimum Gasteiger partial charge on any atom is -0.506 e. The van der Waals surface area contributed by atoms with E-state index in [0.717, 1.165) is 5.56 Å². The van der Waals surface area contributed by atoms with Crippen LogP contribution in [0.15, 0.2) is 35.1 Å². The summed E-state index contributed by atoms with van der Waals surface area (Å²) in [5.74, 6) is -0.711. The van der Waals surface area contributed by atoms with Gasteiger partial charge in [0.15, 0.2) is 0 Å². The second-order valence-electron chi connectivity index (χ2n) is 7.03. The Morgan fingerprint density at radius 3 is 2.86 bits per heavy atom. The molecule has 0 radical (unpaired) electrons. The van der Waals surface area contributed by atoms with Crippen molar-refractivity contribution >= 4 is 22.5 Å². The van der Waals surface area contributed by atoms with E-state index in [4.69, 9.17) is 9.47 Å². The molecule has 2 aliphatic rings. The van der Waals surface area contributed by atoms with Gasteiger partial charge in [-0.05, 0) is 30.2 Å². The third kappa shape index (κ3) is 2.48.